The summed E-state index contributed by atoms with van der Waals surface area (Å²) in [5, 5.41) is 2.39. The standard InChI is InChI=1S/C24H26F6N6O3S/c1-13-8-14(39-11-24(29,30)20(27)28)9-32-17(13)19(37)35-16-5-4-15(26)18(34-16)23(10-25)12-40(38)22(2,21(31)36-23)6-3-7-33-40/h4-5,8-9,20H,3,6-7,10-12H2,1-2H3,(H2,31,36)(H,34,35,37)/t22-,23-,40-/m0/s1. The van der Waals surface area contributed by atoms with Crippen molar-refractivity contribution in [2.45, 2.75) is 49.3 Å². The first-order chi connectivity index (χ1) is 18.7. The molecule has 40 heavy (non-hydrogen) atoms. The van der Waals surface area contributed by atoms with Gasteiger partial charge in [0.25, 0.3) is 5.91 Å². The Labute approximate surface area is 225 Å². The summed E-state index contributed by atoms with van der Waals surface area (Å²) in [6, 6.07) is 3.18. The highest BCUT2D eigenvalue weighted by molar-refractivity contribution is 7.95. The topological polar surface area (TPSA) is 132 Å². The largest absolute Gasteiger partial charge is 0.485 e. The zero-order chi connectivity index (χ0) is 29.5. The van der Waals surface area contributed by atoms with Crippen molar-refractivity contribution < 1.29 is 40.1 Å². The molecule has 9 nitrogen and oxygen atoms in total. The summed E-state index contributed by atoms with van der Waals surface area (Å²) in [4.78, 5) is 25.0. The van der Waals surface area contributed by atoms with E-state index in [4.69, 9.17) is 5.73 Å². The fourth-order valence-electron chi connectivity index (χ4n) is 4.51. The van der Waals surface area contributed by atoms with Crippen molar-refractivity contribution >= 4 is 27.3 Å². The van der Waals surface area contributed by atoms with Gasteiger partial charge in [0, 0.05) is 6.54 Å². The number of carbonyl (C=O) groups excluding carboxylic acids is 1. The molecule has 2 aliphatic rings. The van der Waals surface area contributed by atoms with Crippen LogP contribution >= 0.6 is 0 Å². The lowest BCUT2D eigenvalue weighted by Crippen LogP contribution is -2.59. The quantitative estimate of drug-likeness (QED) is 0.446. The van der Waals surface area contributed by atoms with E-state index in [-0.39, 0.29) is 35.2 Å². The van der Waals surface area contributed by atoms with Crippen molar-refractivity contribution in [1.29, 1.82) is 0 Å². The summed E-state index contributed by atoms with van der Waals surface area (Å²) in [5.74, 6) is -7.26. The minimum absolute atomic E-state index is 0.117. The van der Waals surface area contributed by atoms with Gasteiger partial charge < -0.3 is 15.8 Å². The molecule has 0 aliphatic carbocycles. The third kappa shape index (κ3) is 5.20. The molecule has 0 saturated heterocycles. The van der Waals surface area contributed by atoms with Crippen LogP contribution in [-0.2, 0) is 15.3 Å². The zero-order valence-corrected chi connectivity index (χ0v) is 22.2. The zero-order valence-electron chi connectivity index (χ0n) is 21.4. The summed E-state index contributed by atoms with van der Waals surface area (Å²) in [6.07, 6.45) is -1.99. The van der Waals surface area contributed by atoms with Crippen LogP contribution in [0.2, 0.25) is 0 Å². The van der Waals surface area contributed by atoms with Gasteiger partial charge in [0.2, 0.25) is 0 Å². The molecule has 2 aromatic rings. The molecule has 0 radical (unpaired) electrons. The number of halogens is 6. The molecule has 4 rings (SSSR count). The predicted molar refractivity (Wildman–Crippen MR) is 135 cm³/mol. The Morgan fingerprint density at radius 3 is 2.70 bits per heavy atom. The Kier molecular flexibility index (Phi) is 7.77. The van der Waals surface area contributed by atoms with Gasteiger partial charge in [-0.2, -0.15) is 8.78 Å². The molecule has 2 aromatic heterocycles. The highest BCUT2D eigenvalue weighted by Gasteiger charge is 2.54. The number of alkyl halides is 5. The molecule has 16 heteroatoms. The van der Waals surface area contributed by atoms with Crippen LogP contribution < -0.4 is 15.8 Å². The Hall–Kier alpha value is -3.43. The number of nitrogens with one attached hydrogen (secondary N) is 1. The molecule has 0 unspecified atom stereocenters. The van der Waals surface area contributed by atoms with E-state index < -0.39 is 68.8 Å². The lowest BCUT2D eigenvalue weighted by Gasteiger charge is -2.44. The minimum Gasteiger partial charge on any atom is -0.485 e. The average Bonchev–Trinajstić information content (AvgIpc) is 2.89. The fourth-order valence-corrected chi connectivity index (χ4v) is 7.39. The Bertz CT molecular complexity index is 1480. The number of hydrogen-bond donors (Lipinski definition) is 2. The van der Waals surface area contributed by atoms with Gasteiger partial charge in [0.1, 0.15) is 51.6 Å². The van der Waals surface area contributed by atoms with Crippen LogP contribution in [0.1, 0.15) is 41.5 Å². The number of rotatable bonds is 8. The highest BCUT2D eigenvalue weighted by Crippen LogP contribution is 2.42. The minimum atomic E-state index is -4.38. The van der Waals surface area contributed by atoms with Crippen LogP contribution in [0.25, 0.3) is 0 Å². The summed E-state index contributed by atoms with van der Waals surface area (Å²) >= 11 is 0. The number of aryl methyl sites for hydroxylation is 1. The van der Waals surface area contributed by atoms with Gasteiger partial charge in [-0.15, -0.1) is 0 Å². The third-order valence-electron chi connectivity index (χ3n) is 6.89. The van der Waals surface area contributed by atoms with Crippen molar-refractivity contribution in [2.24, 2.45) is 15.1 Å². The number of amidine groups is 1. The lowest BCUT2D eigenvalue weighted by molar-refractivity contribution is -0.148. The molecule has 3 N–H and O–H groups in total. The molecule has 0 aromatic carbocycles. The van der Waals surface area contributed by atoms with Gasteiger partial charge in [-0.25, -0.2) is 36.1 Å². The average molecular weight is 593 g/mol. The Morgan fingerprint density at radius 1 is 1.32 bits per heavy atom. The molecule has 1 amide bonds. The van der Waals surface area contributed by atoms with Crippen molar-refractivity contribution in [1.82, 2.24) is 9.97 Å². The molecule has 0 saturated carbocycles. The molecule has 2 aliphatic heterocycles. The number of amides is 1. The first-order valence-corrected chi connectivity index (χ1v) is 13.7. The second-order valence-corrected chi connectivity index (χ2v) is 12.5. The summed E-state index contributed by atoms with van der Waals surface area (Å²) in [6.45, 7) is 0.421. The number of anilines is 1. The molecule has 0 spiro atoms. The van der Waals surface area contributed by atoms with E-state index in [9.17, 15) is 31.0 Å². The van der Waals surface area contributed by atoms with E-state index in [1.807, 2.05) is 0 Å². The third-order valence-corrected chi connectivity index (χ3v) is 10.2. The van der Waals surface area contributed by atoms with Gasteiger partial charge in [-0.1, -0.05) is 0 Å². The van der Waals surface area contributed by atoms with E-state index in [1.54, 1.807) is 6.92 Å². The maximum atomic E-state index is 15.0. The Morgan fingerprint density at radius 2 is 2.05 bits per heavy atom. The van der Waals surface area contributed by atoms with Gasteiger partial charge in [0.05, 0.1) is 21.7 Å². The number of nitrogens with zero attached hydrogens (tertiary/aromatic N) is 4. The molecule has 0 fully saturated rings. The van der Waals surface area contributed by atoms with Crippen LogP contribution in [0, 0.1) is 12.7 Å². The second-order valence-electron chi connectivity index (χ2n) is 9.80. The molecular formula is C24H26F6N6O3S. The SMILES string of the molecule is Cc1cc(OCC(F)(F)C(F)F)cnc1C(=O)Nc1ccc(F)c([C@]2(CF)C[S@@]3(=O)=NCCC[C@@]3(C)C(N)=N2)n1. The summed E-state index contributed by atoms with van der Waals surface area (Å²) in [7, 11) is -3.15. The number of pyridine rings is 2. The van der Waals surface area contributed by atoms with Crippen LogP contribution in [-0.4, -0.2) is 68.6 Å². The number of fused-ring (bicyclic) bond motifs is 1. The number of carbonyl (C=O) groups is 1. The van der Waals surface area contributed by atoms with Crippen molar-refractivity contribution in [3.05, 3.63) is 47.2 Å². The normalized spacial score (nSPS) is 26.5. The second kappa shape index (κ2) is 10.5. The van der Waals surface area contributed by atoms with Crippen LogP contribution in [0.4, 0.5) is 32.2 Å². The van der Waals surface area contributed by atoms with E-state index in [0.717, 1.165) is 24.4 Å². The first kappa shape index (κ1) is 29.6. The van der Waals surface area contributed by atoms with Gasteiger partial charge >= 0.3 is 12.3 Å². The number of aliphatic imine (C=N–C) groups is 1. The van der Waals surface area contributed by atoms with Crippen LogP contribution in [0.3, 0.4) is 0 Å². The maximum absolute atomic E-state index is 15.0. The van der Waals surface area contributed by atoms with Crippen molar-refractivity contribution in [2.75, 3.05) is 30.9 Å². The summed E-state index contributed by atoms with van der Waals surface area (Å²) < 4.78 is 102. The lowest BCUT2D eigenvalue weighted by atomic mass is 9.95. The van der Waals surface area contributed by atoms with E-state index in [2.05, 4.69) is 29.4 Å². The van der Waals surface area contributed by atoms with Gasteiger partial charge in [0.15, 0.2) is 6.61 Å². The van der Waals surface area contributed by atoms with Crippen molar-refractivity contribution in [3.8, 4) is 5.75 Å². The van der Waals surface area contributed by atoms with Gasteiger partial charge in [-0.05, 0) is 50.5 Å². The molecule has 218 valence electrons. The van der Waals surface area contributed by atoms with Gasteiger partial charge in [-0.3, -0.25) is 9.79 Å². The van der Waals surface area contributed by atoms with Crippen molar-refractivity contribution in [3.63, 3.8) is 0 Å². The number of aromatic nitrogens is 2. The first-order valence-electron chi connectivity index (χ1n) is 12.0. The maximum Gasteiger partial charge on any atom is 0.340 e. The molecular weight excluding hydrogens is 566 g/mol. The van der Waals surface area contributed by atoms with Crippen LogP contribution in [0.15, 0.2) is 33.8 Å². The summed E-state index contributed by atoms with van der Waals surface area (Å²) in [5.41, 5.74) is 3.53. The molecule has 0 bridgehead atoms. The van der Waals surface area contributed by atoms with E-state index in [1.165, 1.54) is 6.92 Å². The Balaban J connectivity index is 1.60. The monoisotopic (exact) mass is 592 g/mol. The molecule has 4 heterocycles. The van der Waals surface area contributed by atoms with E-state index >= 15 is 4.39 Å². The van der Waals surface area contributed by atoms with E-state index in [0.29, 0.717) is 12.8 Å². The molecule has 3 atom stereocenters. The highest BCUT2D eigenvalue weighted by atomic mass is 32.2. The smallest absolute Gasteiger partial charge is 0.340 e. The number of ether oxygens (including phenoxy) is 1. The number of hydrogen-bond acceptors (Lipinski definition) is 8. The van der Waals surface area contributed by atoms with Crippen LogP contribution in [0.5, 0.6) is 5.75 Å². The fraction of sp³-hybridized carbons (Fsp3) is 0.500. The number of nitrogens with two attached hydrogens (primary N) is 1. The predicted octanol–water partition coefficient (Wildman–Crippen LogP) is 4.01.